The zero-order chi connectivity index (χ0) is 16.0. The van der Waals surface area contributed by atoms with E-state index in [1.54, 1.807) is 6.07 Å². The predicted octanol–water partition coefficient (Wildman–Crippen LogP) is 1.16. The summed E-state index contributed by atoms with van der Waals surface area (Å²) < 4.78 is 25.8. The fraction of sp³-hybridized carbons (Fsp3) is 0.571. The molecule has 0 saturated heterocycles. The molecule has 1 aromatic rings. The maximum Gasteiger partial charge on any atom is 0.240 e. The fourth-order valence-electron chi connectivity index (χ4n) is 2.42. The van der Waals surface area contributed by atoms with Gasteiger partial charge in [-0.05, 0) is 38.1 Å². The lowest BCUT2D eigenvalue weighted by Crippen LogP contribution is -2.37. The zero-order valence-corrected chi connectivity index (χ0v) is 13.7. The molecular formula is C14H25N3O3S. The molecule has 7 heteroatoms. The third-order valence-corrected chi connectivity index (χ3v) is 5.02. The van der Waals surface area contributed by atoms with Gasteiger partial charge >= 0.3 is 0 Å². The Hall–Kier alpha value is -1.31. The number of aliphatic hydroxyl groups excluding tert-OH is 1. The Bertz CT molecular complexity index is 557. The molecule has 1 aromatic carbocycles. The number of sulfonamides is 1. The van der Waals surface area contributed by atoms with E-state index in [0.717, 1.165) is 18.5 Å². The summed E-state index contributed by atoms with van der Waals surface area (Å²) >= 11 is 0. The predicted molar refractivity (Wildman–Crippen MR) is 85.9 cm³/mol. The van der Waals surface area contributed by atoms with Gasteiger partial charge in [0.1, 0.15) is 0 Å². The Morgan fingerprint density at radius 1 is 1.33 bits per heavy atom. The van der Waals surface area contributed by atoms with Crippen LogP contribution in [0.15, 0.2) is 23.1 Å². The van der Waals surface area contributed by atoms with Gasteiger partial charge in [-0.2, -0.15) is 0 Å². The Kier molecular flexibility index (Phi) is 6.44. The lowest BCUT2D eigenvalue weighted by molar-refractivity contribution is 0.296. The van der Waals surface area contributed by atoms with E-state index in [1.165, 1.54) is 19.2 Å². The lowest BCUT2D eigenvalue weighted by Gasteiger charge is -2.33. The van der Waals surface area contributed by atoms with E-state index >= 15 is 0 Å². The third kappa shape index (κ3) is 4.09. The van der Waals surface area contributed by atoms with Crippen molar-refractivity contribution in [3.8, 4) is 0 Å². The van der Waals surface area contributed by atoms with Gasteiger partial charge in [-0.1, -0.05) is 13.8 Å². The maximum atomic E-state index is 11.8. The first kappa shape index (κ1) is 17.7. The summed E-state index contributed by atoms with van der Waals surface area (Å²) in [6.07, 6.45) is 1.85. The van der Waals surface area contributed by atoms with Crippen LogP contribution in [0.2, 0.25) is 0 Å². The van der Waals surface area contributed by atoms with Crippen LogP contribution in [0, 0.1) is 0 Å². The summed E-state index contributed by atoms with van der Waals surface area (Å²) in [7, 11) is -2.14. The van der Waals surface area contributed by atoms with Gasteiger partial charge in [0.2, 0.25) is 10.0 Å². The highest BCUT2D eigenvalue weighted by Crippen LogP contribution is 2.29. The molecule has 0 aliphatic heterocycles. The number of rotatable bonds is 8. The Labute approximate surface area is 127 Å². The quantitative estimate of drug-likeness (QED) is 0.626. The van der Waals surface area contributed by atoms with Crippen LogP contribution in [-0.2, 0) is 10.0 Å². The van der Waals surface area contributed by atoms with Crippen molar-refractivity contribution in [2.75, 3.05) is 30.8 Å². The molecule has 0 radical (unpaired) electrons. The van der Waals surface area contributed by atoms with E-state index in [0.29, 0.717) is 12.2 Å². The van der Waals surface area contributed by atoms with Crippen LogP contribution in [0.1, 0.15) is 26.7 Å². The van der Waals surface area contributed by atoms with E-state index in [1.807, 2.05) is 4.90 Å². The fourth-order valence-corrected chi connectivity index (χ4v) is 3.18. The van der Waals surface area contributed by atoms with Crippen LogP contribution >= 0.6 is 0 Å². The molecule has 0 unspecified atom stereocenters. The van der Waals surface area contributed by atoms with Crippen molar-refractivity contribution in [3.63, 3.8) is 0 Å². The maximum absolute atomic E-state index is 11.8. The number of hydrogen-bond acceptors (Lipinski definition) is 5. The summed E-state index contributed by atoms with van der Waals surface area (Å²) in [5, 5.41) is 9.26. The second-order valence-corrected chi connectivity index (χ2v) is 6.70. The zero-order valence-electron chi connectivity index (χ0n) is 12.8. The van der Waals surface area contributed by atoms with Crippen LogP contribution in [0.5, 0.6) is 0 Å². The van der Waals surface area contributed by atoms with Gasteiger partial charge in [-0.15, -0.1) is 0 Å². The lowest BCUT2D eigenvalue weighted by atomic mass is 10.1. The number of nitrogens with two attached hydrogens (primary N) is 1. The first-order valence-electron chi connectivity index (χ1n) is 7.11. The molecule has 0 amide bonds. The number of nitrogens with zero attached hydrogens (tertiary/aromatic N) is 1. The van der Waals surface area contributed by atoms with Crippen molar-refractivity contribution in [2.45, 2.75) is 37.6 Å². The molecule has 0 aromatic heterocycles. The molecular weight excluding hydrogens is 290 g/mol. The monoisotopic (exact) mass is 315 g/mol. The Morgan fingerprint density at radius 2 is 1.95 bits per heavy atom. The van der Waals surface area contributed by atoms with Gasteiger partial charge in [0.25, 0.3) is 0 Å². The number of nitrogens with one attached hydrogen (secondary N) is 1. The minimum absolute atomic E-state index is 0.0203. The van der Waals surface area contributed by atoms with E-state index in [4.69, 9.17) is 5.73 Å². The number of nitrogen functional groups attached to an aromatic ring is 1. The number of aliphatic hydroxyl groups is 1. The number of hydrogen-bond donors (Lipinski definition) is 3. The molecule has 120 valence electrons. The summed E-state index contributed by atoms with van der Waals surface area (Å²) in [5.74, 6) is 0. The van der Waals surface area contributed by atoms with Crippen molar-refractivity contribution in [2.24, 2.45) is 0 Å². The van der Waals surface area contributed by atoms with Gasteiger partial charge in [0.05, 0.1) is 22.9 Å². The molecule has 0 heterocycles. The molecule has 0 fully saturated rings. The van der Waals surface area contributed by atoms with Gasteiger partial charge in [0.15, 0.2) is 0 Å². The molecule has 0 spiro atoms. The Morgan fingerprint density at radius 3 is 2.38 bits per heavy atom. The molecule has 4 N–H and O–H groups in total. The average Bonchev–Trinajstić information content (AvgIpc) is 2.47. The molecule has 0 atom stereocenters. The SMILES string of the molecule is CCC(CC)N(CCO)c1ccc(S(=O)(=O)NC)cc1N. The molecule has 6 nitrogen and oxygen atoms in total. The van der Waals surface area contributed by atoms with E-state index in [9.17, 15) is 13.5 Å². The topological polar surface area (TPSA) is 95.7 Å². The minimum atomic E-state index is -3.50. The molecule has 0 saturated carbocycles. The van der Waals surface area contributed by atoms with Crippen molar-refractivity contribution in [1.29, 1.82) is 0 Å². The second kappa shape index (κ2) is 7.63. The van der Waals surface area contributed by atoms with Crippen molar-refractivity contribution < 1.29 is 13.5 Å². The van der Waals surface area contributed by atoms with Crippen LogP contribution in [-0.4, -0.2) is 39.8 Å². The summed E-state index contributed by atoms with van der Waals surface area (Å²) in [6.45, 7) is 4.64. The van der Waals surface area contributed by atoms with Gasteiger partial charge in [-0.3, -0.25) is 0 Å². The van der Waals surface area contributed by atoms with Crippen LogP contribution in [0.25, 0.3) is 0 Å². The van der Waals surface area contributed by atoms with Gasteiger partial charge < -0.3 is 15.7 Å². The summed E-state index contributed by atoms with van der Waals surface area (Å²) in [6, 6.07) is 4.94. The van der Waals surface area contributed by atoms with Crippen molar-refractivity contribution in [3.05, 3.63) is 18.2 Å². The molecule has 21 heavy (non-hydrogen) atoms. The van der Waals surface area contributed by atoms with Gasteiger partial charge in [-0.25, -0.2) is 13.1 Å². The van der Waals surface area contributed by atoms with Crippen molar-refractivity contribution in [1.82, 2.24) is 4.72 Å². The normalized spacial score (nSPS) is 11.9. The molecule has 0 aliphatic carbocycles. The molecule has 0 bridgehead atoms. The number of anilines is 2. The van der Waals surface area contributed by atoms with Crippen LogP contribution < -0.4 is 15.4 Å². The minimum Gasteiger partial charge on any atom is -0.397 e. The molecule has 0 aliphatic rings. The van der Waals surface area contributed by atoms with Crippen LogP contribution in [0.4, 0.5) is 11.4 Å². The third-order valence-electron chi connectivity index (χ3n) is 3.61. The largest absolute Gasteiger partial charge is 0.397 e. The standard InChI is InChI=1S/C14H25N3O3S/c1-4-11(5-2)17(8-9-18)14-7-6-12(10-13(14)15)21(19,20)16-3/h6-7,10-11,16,18H,4-5,8-9,15H2,1-3H3. The first-order valence-corrected chi connectivity index (χ1v) is 8.60. The highest BCUT2D eigenvalue weighted by molar-refractivity contribution is 7.89. The van der Waals surface area contributed by atoms with Gasteiger partial charge in [0, 0.05) is 12.6 Å². The average molecular weight is 315 g/mol. The summed E-state index contributed by atoms with van der Waals surface area (Å²) in [4.78, 5) is 2.17. The van der Waals surface area contributed by atoms with Crippen LogP contribution in [0.3, 0.4) is 0 Å². The smallest absolute Gasteiger partial charge is 0.240 e. The highest BCUT2D eigenvalue weighted by atomic mass is 32.2. The second-order valence-electron chi connectivity index (χ2n) is 4.82. The highest BCUT2D eigenvalue weighted by Gasteiger charge is 2.19. The number of benzene rings is 1. The van der Waals surface area contributed by atoms with E-state index in [2.05, 4.69) is 18.6 Å². The first-order chi connectivity index (χ1) is 9.91. The summed E-state index contributed by atoms with van der Waals surface area (Å²) in [5.41, 5.74) is 7.19. The van der Waals surface area contributed by atoms with E-state index in [-0.39, 0.29) is 17.5 Å². The van der Waals surface area contributed by atoms with E-state index < -0.39 is 10.0 Å². The Balaban J connectivity index is 3.22. The molecule has 1 rings (SSSR count). The van der Waals surface area contributed by atoms with Crippen molar-refractivity contribution >= 4 is 21.4 Å².